The van der Waals surface area contributed by atoms with Crippen molar-refractivity contribution < 1.29 is 9.53 Å². The van der Waals surface area contributed by atoms with Crippen molar-refractivity contribution in [2.75, 3.05) is 11.9 Å². The van der Waals surface area contributed by atoms with Crippen LogP contribution < -0.4 is 10.1 Å². The summed E-state index contributed by atoms with van der Waals surface area (Å²) in [6.45, 7) is 0.332. The fourth-order valence-corrected chi connectivity index (χ4v) is 2.04. The summed E-state index contributed by atoms with van der Waals surface area (Å²) in [5.41, 5.74) is 0.710. The molecule has 0 aromatic heterocycles. The minimum Gasteiger partial charge on any atom is -0.493 e. The van der Waals surface area contributed by atoms with Crippen LogP contribution in [0.5, 0.6) is 5.75 Å². The van der Waals surface area contributed by atoms with Crippen LogP contribution >= 0.6 is 11.8 Å². The minimum absolute atomic E-state index is 0.105. The van der Waals surface area contributed by atoms with E-state index in [1.807, 2.05) is 35.7 Å². The molecular weight excluding hydrogens is 284 g/mol. The first kappa shape index (κ1) is 14.9. The van der Waals surface area contributed by atoms with Crippen molar-refractivity contribution in [2.24, 2.45) is 0 Å². The lowest BCUT2D eigenvalue weighted by atomic mass is 10.3. The lowest BCUT2D eigenvalue weighted by molar-refractivity contribution is -0.116. The van der Waals surface area contributed by atoms with Crippen LogP contribution in [0.25, 0.3) is 0 Å². The van der Waals surface area contributed by atoms with Crippen molar-refractivity contribution in [3.8, 4) is 11.2 Å². The number of amides is 1. The molecule has 0 unspecified atom stereocenters. The largest absolute Gasteiger partial charge is 0.493 e. The van der Waals surface area contributed by atoms with E-state index in [0.717, 1.165) is 22.4 Å². The predicted octanol–water partition coefficient (Wildman–Crippen LogP) is 3.67. The Morgan fingerprint density at radius 3 is 2.52 bits per heavy atom. The van der Waals surface area contributed by atoms with Crippen molar-refractivity contribution >= 4 is 23.4 Å². The van der Waals surface area contributed by atoms with Gasteiger partial charge < -0.3 is 10.1 Å². The SMILES string of the molecule is N#CSc1ccc(NC(=O)CCOc2ccccc2)cc1. The Hall–Kier alpha value is -2.45. The van der Waals surface area contributed by atoms with Gasteiger partial charge in [-0.1, -0.05) is 18.2 Å². The van der Waals surface area contributed by atoms with E-state index < -0.39 is 0 Å². The van der Waals surface area contributed by atoms with E-state index in [-0.39, 0.29) is 12.3 Å². The zero-order valence-corrected chi connectivity index (χ0v) is 12.1. The number of carbonyl (C=O) groups excluding carboxylic acids is 1. The summed E-state index contributed by atoms with van der Waals surface area (Å²) >= 11 is 1.09. The maximum absolute atomic E-state index is 11.8. The van der Waals surface area contributed by atoms with Crippen molar-refractivity contribution in [2.45, 2.75) is 11.3 Å². The van der Waals surface area contributed by atoms with Gasteiger partial charge in [-0.15, -0.1) is 0 Å². The fraction of sp³-hybridized carbons (Fsp3) is 0.125. The second-order valence-electron chi connectivity index (χ2n) is 4.18. The molecule has 0 aliphatic heterocycles. The Balaban J connectivity index is 1.75. The number of nitrogens with zero attached hydrogens (tertiary/aromatic N) is 1. The van der Waals surface area contributed by atoms with Crippen LogP contribution in [0.3, 0.4) is 0 Å². The topological polar surface area (TPSA) is 62.1 Å². The van der Waals surface area contributed by atoms with Gasteiger partial charge in [0.1, 0.15) is 11.2 Å². The molecule has 2 rings (SSSR count). The normalized spacial score (nSPS) is 9.67. The summed E-state index contributed by atoms with van der Waals surface area (Å²) in [5.74, 6) is 0.648. The number of nitriles is 1. The van der Waals surface area contributed by atoms with E-state index in [4.69, 9.17) is 10.00 Å². The van der Waals surface area contributed by atoms with Crippen molar-refractivity contribution in [1.29, 1.82) is 5.26 Å². The van der Waals surface area contributed by atoms with Crippen molar-refractivity contribution in [3.05, 3.63) is 54.6 Å². The Kier molecular flexibility index (Phi) is 5.68. The second kappa shape index (κ2) is 7.98. The molecule has 1 N–H and O–H groups in total. The highest BCUT2D eigenvalue weighted by molar-refractivity contribution is 8.03. The lowest BCUT2D eigenvalue weighted by Crippen LogP contribution is -2.15. The number of thioether (sulfide) groups is 1. The molecular formula is C16H14N2O2S. The van der Waals surface area contributed by atoms with Crippen LogP contribution in [0.4, 0.5) is 5.69 Å². The van der Waals surface area contributed by atoms with Gasteiger partial charge in [-0.3, -0.25) is 4.79 Å². The Morgan fingerprint density at radius 2 is 1.86 bits per heavy atom. The van der Waals surface area contributed by atoms with Crippen LogP contribution in [0.1, 0.15) is 6.42 Å². The van der Waals surface area contributed by atoms with E-state index in [9.17, 15) is 4.79 Å². The zero-order valence-electron chi connectivity index (χ0n) is 11.3. The number of thiocyanates is 1. The van der Waals surface area contributed by atoms with E-state index in [2.05, 4.69) is 5.32 Å². The molecule has 0 radical (unpaired) electrons. The van der Waals surface area contributed by atoms with E-state index in [1.165, 1.54) is 0 Å². The standard InChI is InChI=1S/C16H14N2O2S/c17-12-21-15-8-6-13(7-9-15)18-16(19)10-11-20-14-4-2-1-3-5-14/h1-9H,10-11H2,(H,18,19). The van der Waals surface area contributed by atoms with Crippen LogP contribution in [0.15, 0.2) is 59.5 Å². The molecule has 0 bridgehead atoms. The lowest BCUT2D eigenvalue weighted by Gasteiger charge is -2.07. The Morgan fingerprint density at radius 1 is 1.14 bits per heavy atom. The Labute approximate surface area is 127 Å². The molecule has 0 heterocycles. The molecule has 0 fully saturated rings. The summed E-state index contributed by atoms with van der Waals surface area (Å²) in [6.07, 6.45) is 0.281. The van der Waals surface area contributed by atoms with Gasteiger partial charge in [0.15, 0.2) is 0 Å². The summed E-state index contributed by atoms with van der Waals surface area (Å²) in [6, 6.07) is 16.5. The predicted molar refractivity (Wildman–Crippen MR) is 83.1 cm³/mol. The summed E-state index contributed by atoms with van der Waals surface area (Å²) in [7, 11) is 0. The van der Waals surface area contributed by atoms with E-state index in [0.29, 0.717) is 12.3 Å². The Bertz CT molecular complexity index is 621. The zero-order chi connectivity index (χ0) is 14.9. The fourth-order valence-electron chi connectivity index (χ4n) is 1.66. The van der Waals surface area contributed by atoms with Gasteiger partial charge in [-0.2, -0.15) is 5.26 Å². The van der Waals surface area contributed by atoms with Gasteiger partial charge in [0.2, 0.25) is 5.91 Å². The molecule has 0 aliphatic rings. The van der Waals surface area contributed by atoms with Gasteiger partial charge in [-0.05, 0) is 48.2 Å². The monoisotopic (exact) mass is 298 g/mol. The first-order chi connectivity index (χ1) is 10.3. The molecule has 0 saturated carbocycles. The number of nitrogens with one attached hydrogen (secondary N) is 1. The smallest absolute Gasteiger partial charge is 0.227 e. The van der Waals surface area contributed by atoms with Crippen molar-refractivity contribution in [3.63, 3.8) is 0 Å². The maximum atomic E-state index is 11.8. The van der Waals surface area contributed by atoms with Crippen LogP contribution in [0.2, 0.25) is 0 Å². The third kappa shape index (κ3) is 5.21. The molecule has 0 saturated heterocycles. The van der Waals surface area contributed by atoms with E-state index in [1.54, 1.807) is 24.3 Å². The van der Waals surface area contributed by atoms with Crippen LogP contribution in [0, 0.1) is 10.7 Å². The summed E-state index contributed by atoms with van der Waals surface area (Å²) < 4.78 is 5.47. The molecule has 2 aromatic rings. The highest BCUT2D eigenvalue weighted by atomic mass is 32.2. The number of hydrogen-bond donors (Lipinski definition) is 1. The summed E-state index contributed by atoms with van der Waals surface area (Å²) in [5, 5.41) is 13.3. The first-order valence-corrected chi connectivity index (χ1v) is 7.23. The number of para-hydroxylation sites is 1. The number of benzene rings is 2. The van der Waals surface area contributed by atoms with Gasteiger partial charge in [-0.25, -0.2) is 0 Å². The minimum atomic E-state index is -0.105. The van der Waals surface area contributed by atoms with E-state index >= 15 is 0 Å². The first-order valence-electron chi connectivity index (χ1n) is 6.41. The number of rotatable bonds is 6. The molecule has 2 aromatic carbocycles. The van der Waals surface area contributed by atoms with Crippen molar-refractivity contribution in [1.82, 2.24) is 0 Å². The van der Waals surface area contributed by atoms with Gasteiger partial charge in [0.25, 0.3) is 0 Å². The van der Waals surface area contributed by atoms with Crippen LogP contribution in [-0.4, -0.2) is 12.5 Å². The highest BCUT2D eigenvalue weighted by Gasteiger charge is 2.03. The molecule has 0 atom stereocenters. The number of hydrogen-bond acceptors (Lipinski definition) is 4. The quantitative estimate of drug-likeness (QED) is 0.653. The molecule has 0 aliphatic carbocycles. The van der Waals surface area contributed by atoms with Gasteiger partial charge >= 0.3 is 0 Å². The molecule has 21 heavy (non-hydrogen) atoms. The third-order valence-corrected chi connectivity index (χ3v) is 3.24. The number of carbonyl (C=O) groups is 1. The number of anilines is 1. The van der Waals surface area contributed by atoms with Crippen LogP contribution in [-0.2, 0) is 4.79 Å². The average molecular weight is 298 g/mol. The van der Waals surface area contributed by atoms with Gasteiger partial charge in [0, 0.05) is 10.6 Å². The van der Waals surface area contributed by atoms with Gasteiger partial charge in [0.05, 0.1) is 13.0 Å². The molecule has 1 amide bonds. The maximum Gasteiger partial charge on any atom is 0.227 e. The summed E-state index contributed by atoms with van der Waals surface area (Å²) in [4.78, 5) is 12.6. The molecule has 5 heteroatoms. The molecule has 0 spiro atoms. The molecule has 4 nitrogen and oxygen atoms in total. The molecule has 106 valence electrons. The highest BCUT2D eigenvalue weighted by Crippen LogP contribution is 2.19. The third-order valence-electron chi connectivity index (χ3n) is 2.64. The second-order valence-corrected chi connectivity index (χ2v) is 5.04. The number of ether oxygens (including phenoxy) is 1. The average Bonchev–Trinajstić information content (AvgIpc) is 2.51.